The lowest BCUT2D eigenvalue weighted by molar-refractivity contribution is -0.125. The monoisotopic (exact) mass is 384 g/mol. The molecule has 0 saturated heterocycles. The molecule has 0 unspecified atom stereocenters. The third kappa shape index (κ3) is 3.95. The summed E-state index contributed by atoms with van der Waals surface area (Å²) in [5.41, 5.74) is 6.47. The van der Waals surface area contributed by atoms with E-state index >= 15 is 0 Å². The van der Waals surface area contributed by atoms with E-state index in [0.29, 0.717) is 17.7 Å². The first-order valence-electron chi connectivity index (χ1n) is 9.34. The molecule has 5 nitrogen and oxygen atoms in total. The highest BCUT2D eigenvalue weighted by atomic mass is 16.5. The molecule has 1 aliphatic carbocycles. The van der Waals surface area contributed by atoms with Crippen LogP contribution >= 0.6 is 0 Å². The normalized spacial score (nSPS) is 12.3. The molecule has 0 saturated carbocycles. The van der Waals surface area contributed by atoms with Gasteiger partial charge in [0, 0.05) is 17.7 Å². The van der Waals surface area contributed by atoms with Crippen LogP contribution < -0.4 is 10.8 Å². The predicted molar refractivity (Wildman–Crippen MR) is 111 cm³/mol. The number of hydroxylamine groups is 1. The Balaban J connectivity index is 1.61. The number of carbonyl (C=O) groups excluding carboxylic acids is 2. The summed E-state index contributed by atoms with van der Waals surface area (Å²) in [6.45, 7) is 0. The quantitative estimate of drug-likeness (QED) is 0.461. The number of hydrogen-bond acceptors (Lipinski definition) is 3. The highest BCUT2D eigenvalue weighted by Gasteiger charge is 2.23. The van der Waals surface area contributed by atoms with E-state index in [2.05, 4.69) is 5.32 Å². The zero-order valence-electron chi connectivity index (χ0n) is 15.6. The van der Waals surface area contributed by atoms with Crippen LogP contribution in [0.1, 0.15) is 28.2 Å². The van der Waals surface area contributed by atoms with E-state index in [1.54, 1.807) is 11.6 Å². The number of benzene rings is 3. The molecular weight excluding hydrogens is 364 g/mol. The van der Waals surface area contributed by atoms with Gasteiger partial charge in [0.15, 0.2) is 0 Å². The molecule has 5 heteroatoms. The second kappa shape index (κ2) is 8.12. The third-order valence-corrected chi connectivity index (χ3v) is 5.05. The highest BCUT2D eigenvalue weighted by molar-refractivity contribution is 6.01. The lowest BCUT2D eigenvalue weighted by Crippen LogP contribution is -2.22. The Bertz CT molecular complexity index is 1040. The second-order valence-electron chi connectivity index (χ2n) is 6.94. The van der Waals surface area contributed by atoms with Crippen molar-refractivity contribution in [3.63, 3.8) is 0 Å². The number of amides is 2. The van der Waals surface area contributed by atoms with E-state index in [-0.39, 0.29) is 5.91 Å². The first kappa shape index (κ1) is 18.7. The predicted octanol–water partition coefficient (Wildman–Crippen LogP) is 3.90. The molecule has 0 aromatic heterocycles. The Morgan fingerprint density at radius 3 is 2.07 bits per heavy atom. The SMILES string of the molecule is O=C(NO)C1=Cc2cc(NC(=O)C(c3ccccc3)c3ccccc3)ccc2C1. The van der Waals surface area contributed by atoms with Crippen LogP contribution in [-0.4, -0.2) is 17.0 Å². The molecule has 0 spiro atoms. The van der Waals surface area contributed by atoms with Gasteiger partial charge in [0.2, 0.25) is 5.91 Å². The summed E-state index contributed by atoms with van der Waals surface area (Å²) in [6.07, 6.45) is 2.18. The summed E-state index contributed by atoms with van der Waals surface area (Å²) in [5, 5.41) is 11.8. The number of hydrogen-bond donors (Lipinski definition) is 3. The molecule has 3 aromatic rings. The summed E-state index contributed by atoms with van der Waals surface area (Å²) < 4.78 is 0. The van der Waals surface area contributed by atoms with Gasteiger partial charge in [-0.1, -0.05) is 66.7 Å². The average molecular weight is 384 g/mol. The largest absolute Gasteiger partial charge is 0.325 e. The lowest BCUT2D eigenvalue weighted by Gasteiger charge is -2.18. The topological polar surface area (TPSA) is 78.4 Å². The second-order valence-corrected chi connectivity index (χ2v) is 6.94. The van der Waals surface area contributed by atoms with Gasteiger partial charge in [-0.2, -0.15) is 0 Å². The van der Waals surface area contributed by atoms with Crippen molar-refractivity contribution in [2.45, 2.75) is 12.3 Å². The van der Waals surface area contributed by atoms with Gasteiger partial charge < -0.3 is 5.32 Å². The lowest BCUT2D eigenvalue weighted by atomic mass is 9.90. The molecule has 0 heterocycles. The summed E-state index contributed by atoms with van der Waals surface area (Å²) in [6, 6.07) is 24.9. The van der Waals surface area contributed by atoms with Crippen LogP contribution in [0, 0.1) is 0 Å². The van der Waals surface area contributed by atoms with E-state index in [4.69, 9.17) is 5.21 Å². The minimum atomic E-state index is -0.514. The highest BCUT2D eigenvalue weighted by Crippen LogP contribution is 2.30. The first-order valence-corrected chi connectivity index (χ1v) is 9.34. The number of nitrogens with one attached hydrogen (secondary N) is 2. The molecule has 0 fully saturated rings. The van der Waals surface area contributed by atoms with Crippen molar-refractivity contribution >= 4 is 23.6 Å². The van der Waals surface area contributed by atoms with Crippen LogP contribution in [0.5, 0.6) is 0 Å². The summed E-state index contributed by atoms with van der Waals surface area (Å²) in [4.78, 5) is 24.9. The van der Waals surface area contributed by atoms with Crippen molar-refractivity contribution in [3.05, 3.63) is 107 Å². The molecule has 144 valence electrons. The smallest absolute Gasteiger partial charge is 0.270 e. The first-order chi connectivity index (χ1) is 14.2. The van der Waals surface area contributed by atoms with E-state index < -0.39 is 11.8 Å². The van der Waals surface area contributed by atoms with Crippen molar-refractivity contribution in [2.24, 2.45) is 0 Å². The molecule has 3 N–H and O–H groups in total. The minimum Gasteiger partial charge on any atom is -0.325 e. The van der Waals surface area contributed by atoms with Crippen molar-refractivity contribution in [2.75, 3.05) is 5.32 Å². The van der Waals surface area contributed by atoms with Gasteiger partial charge in [0.1, 0.15) is 0 Å². The van der Waals surface area contributed by atoms with Crippen molar-refractivity contribution in [1.82, 2.24) is 5.48 Å². The van der Waals surface area contributed by atoms with Crippen LogP contribution in [0.25, 0.3) is 6.08 Å². The van der Waals surface area contributed by atoms with Gasteiger partial charge in [-0.05, 0) is 40.5 Å². The molecule has 29 heavy (non-hydrogen) atoms. The summed E-state index contributed by atoms with van der Waals surface area (Å²) in [7, 11) is 0. The molecule has 0 radical (unpaired) electrons. The maximum atomic E-state index is 13.2. The Labute approximate surface area is 168 Å². The molecule has 0 aliphatic heterocycles. The van der Waals surface area contributed by atoms with Gasteiger partial charge in [0.05, 0.1) is 5.92 Å². The van der Waals surface area contributed by atoms with Crippen LogP contribution in [0.15, 0.2) is 84.4 Å². The Hall–Kier alpha value is -3.70. The molecule has 4 rings (SSSR count). The zero-order chi connectivity index (χ0) is 20.2. The molecule has 3 aromatic carbocycles. The van der Waals surface area contributed by atoms with Gasteiger partial charge in [-0.25, -0.2) is 5.48 Å². The standard InChI is InChI=1S/C24H20N2O3/c27-23(26-29)20-13-18-11-12-21(15-19(18)14-20)25-24(28)22(16-7-3-1-4-8-16)17-9-5-2-6-10-17/h1-12,14-15,22,29H,13H2,(H,25,28)(H,26,27). The zero-order valence-corrected chi connectivity index (χ0v) is 15.6. The molecule has 2 amide bonds. The van der Waals surface area contributed by atoms with Crippen LogP contribution in [-0.2, 0) is 16.0 Å². The fraction of sp³-hybridized carbons (Fsp3) is 0.0833. The van der Waals surface area contributed by atoms with Gasteiger partial charge in [-0.15, -0.1) is 0 Å². The molecule has 0 atom stereocenters. The average Bonchev–Trinajstić information content (AvgIpc) is 3.18. The maximum Gasteiger partial charge on any atom is 0.270 e. The molecular formula is C24H20N2O3. The van der Waals surface area contributed by atoms with Crippen molar-refractivity contribution in [3.8, 4) is 0 Å². The van der Waals surface area contributed by atoms with Crippen molar-refractivity contribution < 1.29 is 14.8 Å². The molecule has 1 aliphatic rings. The van der Waals surface area contributed by atoms with Gasteiger partial charge in [-0.3, -0.25) is 14.8 Å². The maximum absolute atomic E-state index is 13.2. The van der Waals surface area contributed by atoms with Crippen molar-refractivity contribution in [1.29, 1.82) is 0 Å². The fourth-order valence-corrected chi connectivity index (χ4v) is 3.63. The van der Waals surface area contributed by atoms with Gasteiger partial charge >= 0.3 is 0 Å². The summed E-state index contributed by atoms with van der Waals surface area (Å²) in [5.74, 6) is -1.07. The Morgan fingerprint density at radius 2 is 1.48 bits per heavy atom. The van der Waals surface area contributed by atoms with Gasteiger partial charge in [0.25, 0.3) is 5.91 Å². The van der Waals surface area contributed by atoms with Crippen LogP contribution in [0.3, 0.4) is 0 Å². The number of fused-ring (bicyclic) bond motifs is 1. The van der Waals surface area contributed by atoms with E-state index in [1.807, 2.05) is 78.9 Å². The number of anilines is 1. The van der Waals surface area contributed by atoms with Crippen LogP contribution in [0.4, 0.5) is 5.69 Å². The van der Waals surface area contributed by atoms with E-state index in [9.17, 15) is 9.59 Å². The number of carbonyl (C=O) groups is 2. The van der Waals surface area contributed by atoms with E-state index in [0.717, 1.165) is 22.3 Å². The van der Waals surface area contributed by atoms with E-state index in [1.165, 1.54) is 0 Å². The Kier molecular flexibility index (Phi) is 5.22. The number of rotatable bonds is 5. The molecule has 0 bridgehead atoms. The fourth-order valence-electron chi connectivity index (χ4n) is 3.63. The third-order valence-electron chi connectivity index (χ3n) is 5.05. The Morgan fingerprint density at radius 1 is 0.862 bits per heavy atom. The summed E-state index contributed by atoms with van der Waals surface area (Å²) >= 11 is 0. The minimum absolute atomic E-state index is 0.127. The van der Waals surface area contributed by atoms with Crippen LogP contribution in [0.2, 0.25) is 0 Å².